The molecule has 28 heavy (non-hydrogen) atoms. The molecule has 1 atom stereocenters. The molecular formula is C20H28N4O3S. The summed E-state index contributed by atoms with van der Waals surface area (Å²) in [5.74, 6) is 0. The van der Waals surface area contributed by atoms with Gasteiger partial charge in [0.2, 0.25) is 0 Å². The van der Waals surface area contributed by atoms with Crippen LogP contribution >= 0.6 is 0 Å². The van der Waals surface area contributed by atoms with E-state index in [-0.39, 0.29) is 6.04 Å². The van der Waals surface area contributed by atoms with E-state index in [1.54, 1.807) is 18.4 Å². The third-order valence-corrected chi connectivity index (χ3v) is 7.58. The molecule has 1 aromatic carbocycles. The molecule has 0 amide bonds. The Morgan fingerprint density at radius 2 is 2.00 bits per heavy atom. The molecule has 1 aromatic heterocycles. The standard InChI is InChI=1S/C20H28N4O3S/c1-22(2)28(25,26)24-12-7-6-10-19(24)20-17-15-27-13-11-18(17)23(21-20)14-16-8-4-3-5-9-16/h3-5,8-9,19H,6-7,10-15H2,1-2H3. The summed E-state index contributed by atoms with van der Waals surface area (Å²) >= 11 is 0. The molecule has 152 valence electrons. The molecule has 4 rings (SSSR count). The van der Waals surface area contributed by atoms with Crippen LogP contribution in [0.3, 0.4) is 0 Å². The zero-order chi connectivity index (χ0) is 19.7. The Hall–Kier alpha value is -1.74. The van der Waals surface area contributed by atoms with Crippen molar-refractivity contribution in [2.75, 3.05) is 27.2 Å². The van der Waals surface area contributed by atoms with Crippen LogP contribution in [-0.2, 0) is 34.5 Å². The Morgan fingerprint density at radius 3 is 2.75 bits per heavy atom. The molecule has 1 fully saturated rings. The van der Waals surface area contributed by atoms with Crippen LogP contribution in [0, 0.1) is 0 Å². The molecule has 1 unspecified atom stereocenters. The minimum atomic E-state index is -3.50. The second kappa shape index (κ2) is 7.94. The molecule has 0 spiro atoms. The number of nitrogens with zero attached hydrogens (tertiary/aromatic N) is 4. The fourth-order valence-corrected chi connectivity index (χ4v) is 5.46. The molecule has 0 saturated carbocycles. The molecule has 0 bridgehead atoms. The number of piperidine rings is 1. The highest BCUT2D eigenvalue weighted by Crippen LogP contribution is 2.37. The van der Waals surface area contributed by atoms with Crippen LogP contribution in [0.1, 0.15) is 47.8 Å². The van der Waals surface area contributed by atoms with Gasteiger partial charge in [-0.3, -0.25) is 4.68 Å². The molecule has 2 aliphatic rings. The van der Waals surface area contributed by atoms with Crippen molar-refractivity contribution in [2.45, 2.75) is 44.9 Å². The third kappa shape index (κ3) is 3.61. The molecule has 2 aromatic rings. The first-order valence-electron chi connectivity index (χ1n) is 9.88. The van der Waals surface area contributed by atoms with Crippen molar-refractivity contribution < 1.29 is 13.2 Å². The third-order valence-electron chi connectivity index (χ3n) is 5.63. The molecule has 3 heterocycles. The van der Waals surface area contributed by atoms with E-state index in [2.05, 4.69) is 16.8 Å². The van der Waals surface area contributed by atoms with Gasteiger partial charge in [-0.25, -0.2) is 0 Å². The van der Waals surface area contributed by atoms with Crippen molar-refractivity contribution in [2.24, 2.45) is 0 Å². The number of ether oxygens (including phenoxy) is 1. The van der Waals surface area contributed by atoms with Gasteiger partial charge < -0.3 is 4.74 Å². The van der Waals surface area contributed by atoms with Crippen LogP contribution < -0.4 is 0 Å². The van der Waals surface area contributed by atoms with Crippen LogP contribution in [0.25, 0.3) is 0 Å². The van der Waals surface area contributed by atoms with E-state index in [9.17, 15) is 8.42 Å². The Bertz CT molecular complexity index is 924. The Morgan fingerprint density at radius 1 is 1.21 bits per heavy atom. The quantitative estimate of drug-likeness (QED) is 0.767. The minimum Gasteiger partial charge on any atom is -0.376 e. The first kappa shape index (κ1) is 19.6. The summed E-state index contributed by atoms with van der Waals surface area (Å²) in [5.41, 5.74) is 4.31. The van der Waals surface area contributed by atoms with Crippen molar-refractivity contribution >= 4 is 10.2 Å². The number of hydrogen-bond acceptors (Lipinski definition) is 4. The molecule has 0 aliphatic carbocycles. The van der Waals surface area contributed by atoms with Crippen LogP contribution in [0.4, 0.5) is 0 Å². The predicted molar refractivity (Wildman–Crippen MR) is 107 cm³/mol. The summed E-state index contributed by atoms with van der Waals surface area (Å²) in [5, 5.41) is 4.95. The summed E-state index contributed by atoms with van der Waals surface area (Å²) in [6.45, 7) is 2.41. The predicted octanol–water partition coefficient (Wildman–Crippen LogP) is 2.34. The number of benzene rings is 1. The van der Waals surface area contributed by atoms with E-state index in [4.69, 9.17) is 9.84 Å². The van der Waals surface area contributed by atoms with E-state index in [1.807, 2.05) is 18.2 Å². The molecule has 1 saturated heterocycles. The highest BCUT2D eigenvalue weighted by Gasteiger charge is 2.38. The maximum atomic E-state index is 12.9. The van der Waals surface area contributed by atoms with Crippen molar-refractivity contribution in [3.05, 3.63) is 52.8 Å². The normalized spacial score (nSPS) is 21.0. The minimum absolute atomic E-state index is 0.228. The Balaban J connectivity index is 1.74. The summed E-state index contributed by atoms with van der Waals surface area (Å²) in [6.07, 6.45) is 3.49. The average Bonchev–Trinajstić information content (AvgIpc) is 3.07. The fraction of sp³-hybridized carbons (Fsp3) is 0.550. The van der Waals surface area contributed by atoms with Crippen LogP contribution in [0.2, 0.25) is 0 Å². The molecule has 0 radical (unpaired) electrons. The molecule has 0 N–H and O–H groups in total. The summed E-state index contributed by atoms with van der Waals surface area (Å²) in [7, 11) is -0.315. The van der Waals surface area contributed by atoms with E-state index in [1.165, 1.54) is 15.6 Å². The van der Waals surface area contributed by atoms with Crippen LogP contribution in [0.15, 0.2) is 30.3 Å². The summed E-state index contributed by atoms with van der Waals surface area (Å²) in [4.78, 5) is 0. The highest BCUT2D eigenvalue weighted by molar-refractivity contribution is 7.86. The summed E-state index contributed by atoms with van der Waals surface area (Å²) in [6, 6.07) is 10.0. The first-order chi connectivity index (χ1) is 13.5. The maximum Gasteiger partial charge on any atom is 0.282 e. The fourth-order valence-electron chi connectivity index (χ4n) is 4.15. The largest absolute Gasteiger partial charge is 0.376 e. The zero-order valence-corrected chi connectivity index (χ0v) is 17.4. The SMILES string of the molecule is CN(C)S(=O)(=O)N1CCCCC1c1nn(Cc2ccccc2)c2c1COCC2. The number of hydrogen-bond donors (Lipinski definition) is 0. The van der Waals surface area contributed by atoms with Gasteiger partial charge in [-0.2, -0.15) is 22.1 Å². The second-order valence-electron chi connectivity index (χ2n) is 7.67. The lowest BCUT2D eigenvalue weighted by molar-refractivity contribution is 0.107. The van der Waals surface area contributed by atoms with Crippen molar-refractivity contribution in [1.29, 1.82) is 0 Å². The monoisotopic (exact) mass is 404 g/mol. The van der Waals surface area contributed by atoms with Crippen molar-refractivity contribution in [3.8, 4) is 0 Å². The van der Waals surface area contributed by atoms with Gasteiger partial charge in [-0.1, -0.05) is 36.8 Å². The maximum absolute atomic E-state index is 12.9. The molecule has 7 nitrogen and oxygen atoms in total. The van der Waals surface area contributed by atoms with E-state index in [0.717, 1.165) is 36.9 Å². The van der Waals surface area contributed by atoms with Crippen LogP contribution in [0.5, 0.6) is 0 Å². The van der Waals surface area contributed by atoms with Gasteiger partial charge in [0.15, 0.2) is 0 Å². The Kier molecular flexibility index (Phi) is 5.55. The molecular weight excluding hydrogens is 376 g/mol. The summed E-state index contributed by atoms with van der Waals surface area (Å²) < 4.78 is 36.5. The van der Waals surface area contributed by atoms with Gasteiger partial charge in [-0.15, -0.1) is 0 Å². The van der Waals surface area contributed by atoms with E-state index in [0.29, 0.717) is 26.3 Å². The van der Waals surface area contributed by atoms with Gasteiger partial charge in [0.25, 0.3) is 10.2 Å². The second-order valence-corrected chi connectivity index (χ2v) is 9.76. The van der Waals surface area contributed by atoms with E-state index < -0.39 is 10.2 Å². The Labute approximate surface area is 167 Å². The molecule has 2 aliphatic heterocycles. The van der Waals surface area contributed by atoms with Gasteiger partial charge in [0.1, 0.15) is 0 Å². The average molecular weight is 405 g/mol. The lowest BCUT2D eigenvalue weighted by Crippen LogP contribution is -2.45. The number of fused-ring (bicyclic) bond motifs is 1. The van der Waals surface area contributed by atoms with Gasteiger partial charge >= 0.3 is 0 Å². The highest BCUT2D eigenvalue weighted by atomic mass is 32.2. The van der Waals surface area contributed by atoms with Gasteiger partial charge in [0.05, 0.1) is 31.5 Å². The van der Waals surface area contributed by atoms with Crippen LogP contribution in [-0.4, -0.2) is 54.1 Å². The van der Waals surface area contributed by atoms with Gasteiger partial charge in [-0.05, 0) is 18.4 Å². The van der Waals surface area contributed by atoms with Gasteiger partial charge in [0, 0.05) is 38.3 Å². The zero-order valence-electron chi connectivity index (χ0n) is 16.5. The lowest BCUT2D eigenvalue weighted by atomic mass is 9.97. The topological polar surface area (TPSA) is 67.7 Å². The van der Waals surface area contributed by atoms with E-state index >= 15 is 0 Å². The number of rotatable bonds is 5. The smallest absolute Gasteiger partial charge is 0.282 e. The first-order valence-corrected chi connectivity index (χ1v) is 11.3. The lowest BCUT2D eigenvalue weighted by Gasteiger charge is -2.35. The molecule has 8 heteroatoms. The number of aromatic nitrogens is 2. The van der Waals surface area contributed by atoms with Crippen molar-refractivity contribution in [1.82, 2.24) is 18.4 Å². The van der Waals surface area contributed by atoms with Crippen molar-refractivity contribution in [3.63, 3.8) is 0 Å².